The third-order valence-corrected chi connectivity index (χ3v) is 8.03. The third kappa shape index (κ3) is 3.97. The highest BCUT2D eigenvalue weighted by molar-refractivity contribution is 7.92. The third-order valence-electron chi connectivity index (χ3n) is 4.99. The predicted molar refractivity (Wildman–Crippen MR) is 109 cm³/mol. The molecule has 0 bridgehead atoms. The second-order valence-corrected chi connectivity index (χ2v) is 10.8. The number of benzene rings is 1. The molecule has 152 valence electrons. The van der Waals surface area contributed by atoms with Gasteiger partial charge in [0.15, 0.2) is 9.84 Å². The summed E-state index contributed by atoms with van der Waals surface area (Å²) in [6.45, 7) is 4.40. The van der Waals surface area contributed by atoms with Gasteiger partial charge in [-0.05, 0) is 43.0 Å². The molecule has 0 spiro atoms. The monoisotopic (exact) mass is 431 g/mol. The van der Waals surface area contributed by atoms with E-state index in [4.69, 9.17) is 4.52 Å². The number of hydrogen-bond acceptors (Lipinski definition) is 7. The highest BCUT2D eigenvalue weighted by Crippen LogP contribution is 2.29. The SMILES string of the molecule is CC(C)S(=O)(=O)c1ccc(CC(=O)N2CC(c3nc(-c4cccs4)no3)C2)cc1. The number of nitrogens with zero attached hydrogens (tertiary/aromatic N) is 3. The fourth-order valence-corrected chi connectivity index (χ4v) is 4.81. The van der Waals surface area contributed by atoms with E-state index in [1.165, 1.54) is 0 Å². The molecule has 1 fully saturated rings. The molecule has 0 N–H and O–H groups in total. The van der Waals surface area contributed by atoms with Gasteiger partial charge in [-0.1, -0.05) is 23.4 Å². The van der Waals surface area contributed by atoms with Crippen LogP contribution in [0.3, 0.4) is 0 Å². The van der Waals surface area contributed by atoms with Crippen molar-refractivity contribution in [3.8, 4) is 10.7 Å². The van der Waals surface area contributed by atoms with E-state index in [2.05, 4.69) is 10.1 Å². The zero-order valence-electron chi connectivity index (χ0n) is 16.1. The van der Waals surface area contributed by atoms with Crippen molar-refractivity contribution in [2.75, 3.05) is 13.1 Å². The van der Waals surface area contributed by atoms with Gasteiger partial charge in [-0.15, -0.1) is 11.3 Å². The van der Waals surface area contributed by atoms with Crippen molar-refractivity contribution in [1.82, 2.24) is 15.0 Å². The molecule has 4 rings (SSSR count). The Hall–Kier alpha value is -2.52. The molecular weight excluding hydrogens is 410 g/mol. The molecule has 0 atom stereocenters. The molecule has 1 aliphatic heterocycles. The molecule has 1 saturated heterocycles. The molecule has 0 radical (unpaired) electrons. The smallest absolute Gasteiger partial charge is 0.233 e. The van der Waals surface area contributed by atoms with E-state index in [9.17, 15) is 13.2 Å². The van der Waals surface area contributed by atoms with Crippen molar-refractivity contribution in [2.24, 2.45) is 0 Å². The van der Waals surface area contributed by atoms with Gasteiger partial charge >= 0.3 is 0 Å². The molecule has 3 aromatic rings. The Kier molecular flexibility index (Phi) is 5.26. The number of aromatic nitrogens is 2. The summed E-state index contributed by atoms with van der Waals surface area (Å²) in [7, 11) is -3.30. The topological polar surface area (TPSA) is 93.4 Å². The first-order chi connectivity index (χ1) is 13.8. The maximum absolute atomic E-state index is 12.5. The van der Waals surface area contributed by atoms with Crippen molar-refractivity contribution >= 4 is 27.1 Å². The van der Waals surface area contributed by atoms with Gasteiger partial charge in [-0.3, -0.25) is 4.79 Å². The first kappa shape index (κ1) is 19.8. The number of carbonyl (C=O) groups is 1. The van der Waals surface area contributed by atoms with Crippen LogP contribution in [0.25, 0.3) is 10.7 Å². The number of hydrogen-bond donors (Lipinski definition) is 0. The maximum atomic E-state index is 12.5. The van der Waals surface area contributed by atoms with Crippen molar-refractivity contribution in [3.63, 3.8) is 0 Å². The van der Waals surface area contributed by atoms with E-state index in [0.717, 1.165) is 10.4 Å². The fourth-order valence-electron chi connectivity index (χ4n) is 3.10. The summed E-state index contributed by atoms with van der Waals surface area (Å²) in [6.07, 6.45) is 0.235. The van der Waals surface area contributed by atoms with Gasteiger partial charge in [-0.2, -0.15) is 4.98 Å². The number of amides is 1. The molecule has 0 saturated carbocycles. The van der Waals surface area contributed by atoms with Crippen LogP contribution < -0.4 is 0 Å². The minimum atomic E-state index is -3.30. The summed E-state index contributed by atoms with van der Waals surface area (Å²) in [6, 6.07) is 10.4. The summed E-state index contributed by atoms with van der Waals surface area (Å²) in [4.78, 5) is 19.9. The Labute approximate surface area is 173 Å². The Morgan fingerprint density at radius 2 is 1.97 bits per heavy atom. The van der Waals surface area contributed by atoms with Crippen molar-refractivity contribution in [2.45, 2.75) is 36.3 Å². The van der Waals surface area contributed by atoms with Crippen molar-refractivity contribution < 1.29 is 17.7 Å². The number of rotatable bonds is 6. The standard InChI is InChI=1S/C20H21N3O4S2/c1-13(2)29(25,26)16-7-5-14(6-8-16)10-18(24)23-11-15(12-23)20-21-19(22-27-20)17-4-3-9-28-17/h3-9,13,15H,10-12H2,1-2H3. The molecule has 2 aromatic heterocycles. The van der Waals surface area contributed by atoms with Crippen LogP contribution in [0.5, 0.6) is 0 Å². The average molecular weight is 432 g/mol. The second kappa shape index (κ2) is 7.72. The minimum absolute atomic E-state index is 0.00119. The van der Waals surface area contributed by atoms with Gasteiger partial charge in [0.1, 0.15) is 0 Å². The van der Waals surface area contributed by atoms with E-state index < -0.39 is 15.1 Å². The van der Waals surface area contributed by atoms with E-state index in [-0.39, 0.29) is 23.1 Å². The number of carbonyl (C=O) groups excluding carboxylic acids is 1. The largest absolute Gasteiger partial charge is 0.341 e. The predicted octanol–water partition coefficient (Wildman–Crippen LogP) is 3.15. The number of thiophene rings is 1. The Morgan fingerprint density at radius 3 is 2.59 bits per heavy atom. The van der Waals surface area contributed by atoms with Crippen LogP contribution in [-0.4, -0.2) is 47.7 Å². The van der Waals surface area contributed by atoms with E-state index in [1.54, 1.807) is 54.3 Å². The van der Waals surface area contributed by atoms with Gasteiger partial charge in [0.25, 0.3) is 0 Å². The van der Waals surface area contributed by atoms with Crippen LogP contribution in [0.2, 0.25) is 0 Å². The van der Waals surface area contributed by atoms with Crippen molar-refractivity contribution in [3.05, 3.63) is 53.2 Å². The summed E-state index contributed by atoms with van der Waals surface area (Å²) in [5.74, 6) is 1.19. The number of likely N-dealkylation sites (tertiary alicyclic amines) is 1. The molecule has 29 heavy (non-hydrogen) atoms. The highest BCUT2D eigenvalue weighted by Gasteiger charge is 2.35. The summed E-state index contributed by atoms with van der Waals surface area (Å²) in [5, 5.41) is 5.50. The maximum Gasteiger partial charge on any atom is 0.233 e. The lowest BCUT2D eigenvalue weighted by Gasteiger charge is -2.37. The minimum Gasteiger partial charge on any atom is -0.341 e. The Bertz CT molecular complexity index is 1100. The molecule has 1 aliphatic rings. The first-order valence-corrected chi connectivity index (χ1v) is 11.8. The van der Waals surface area contributed by atoms with E-state index >= 15 is 0 Å². The van der Waals surface area contributed by atoms with Crippen LogP contribution in [-0.2, 0) is 21.1 Å². The normalized spacial score (nSPS) is 14.9. The fraction of sp³-hybridized carbons (Fsp3) is 0.350. The van der Waals surface area contributed by atoms with Crippen LogP contribution in [0, 0.1) is 0 Å². The van der Waals surface area contributed by atoms with Gasteiger partial charge in [-0.25, -0.2) is 8.42 Å². The molecule has 1 aromatic carbocycles. The first-order valence-electron chi connectivity index (χ1n) is 9.32. The van der Waals surface area contributed by atoms with Crippen LogP contribution in [0.4, 0.5) is 0 Å². The lowest BCUT2D eigenvalue weighted by Crippen LogP contribution is -2.49. The zero-order valence-corrected chi connectivity index (χ0v) is 17.7. The molecule has 7 nitrogen and oxygen atoms in total. The Morgan fingerprint density at radius 1 is 1.24 bits per heavy atom. The van der Waals surface area contributed by atoms with Gasteiger partial charge in [0, 0.05) is 13.1 Å². The van der Waals surface area contributed by atoms with Gasteiger partial charge < -0.3 is 9.42 Å². The van der Waals surface area contributed by atoms with Gasteiger partial charge in [0.05, 0.1) is 27.4 Å². The molecule has 1 amide bonds. The summed E-state index contributed by atoms with van der Waals surface area (Å²) < 4.78 is 29.7. The Balaban J connectivity index is 1.33. The van der Waals surface area contributed by atoms with Crippen LogP contribution >= 0.6 is 11.3 Å². The van der Waals surface area contributed by atoms with Crippen LogP contribution in [0.1, 0.15) is 31.2 Å². The molecular formula is C20H21N3O4S2. The quantitative estimate of drug-likeness (QED) is 0.595. The van der Waals surface area contributed by atoms with Crippen molar-refractivity contribution in [1.29, 1.82) is 0 Å². The lowest BCUT2D eigenvalue weighted by atomic mass is 9.99. The zero-order chi connectivity index (χ0) is 20.6. The van der Waals surface area contributed by atoms with Crippen LogP contribution in [0.15, 0.2) is 51.2 Å². The molecule has 9 heteroatoms. The summed E-state index contributed by atoms with van der Waals surface area (Å²) >= 11 is 1.55. The highest BCUT2D eigenvalue weighted by atomic mass is 32.2. The van der Waals surface area contributed by atoms with E-state index in [0.29, 0.717) is 24.8 Å². The van der Waals surface area contributed by atoms with Gasteiger partial charge in [0.2, 0.25) is 17.6 Å². The van der Waals surface area contributed by atoms with E-state index in [1.807, 2.05) is 17.5 Å². The lowest BCUT2D eigenvalue weighted by molar-refractivity contribution is -0.135. The number of sulfone groups is 1. The average Bonchev–Trinajstić information content (AvgIpc) is 3.32. The molecule has 0 aliphatic carbocycles. The molecule has 0 unspecified atom stereocenters. The second-order valence-electron chi connectivity index (χ2n) is 7.34. The molecule has 3 heterocycles. The summed E-state index contributed by atoms with van der Waals surface area (Å²) in [5.41, 5.74) is 0.791.